The van der Waals surface area contributed by atoms with Crippen LogP contribution in [0.3, 0.4) is 0 Å². The number of nitrogens with zero attached hydrogens (tertiary/aromatic N) is 2. The van der Waals surface area contributed by atoms with Crippen molar-refractivity contribution >= 4 is 23.2 Å². The molecule has 0 unspecified atom stereocenters. The van der Waals surface area contributed by atoms with E-state index >= 15 is 0 Å². The molecule has 3 aromatic rings. The lowest BCUT2D eigenvalue weighted by Crippen LogP contribution is -2.03. The maximum atomic E-state index is 11.9. The Morgan fingerprint density at radius 2 is 1.92 bits per heavy atom. The van der Waals surface area contributed by atoms with E-state index in [1.807, 2.05) is 30.3 Å². The highest BCUT2D eigenvalue weighted by Gasteiger charge is 2.18. The van der Waals surface area contributed by atoms with Crippen LogP contribution in [-0.4, -0.2) is 36.3 Å². The van der Waals surface area contributed by atoms with E-state index < -0.39 is 5.97 Å². The van der Waals surface area contributed by atoms with Crippen molar-refractivity contribution in [2.75, 3.05) is 14.2 Å². The number of hydrogen-bond acceptors (Lipinski definition) is 5. The molecule has 1 aromatic heterocycles. The minimum Gasteiger partial charge on any atom is -0.497 e. The summed E-state index contributed by atoms with van der Waals surface area (Å²) in [6, 6.07) is 12.8. The zero-order valence-corrected chi connectivity index (χ0v) is 13.4. The summed E-state index contributed by atoms with van der Waals surface area (Å²) in [6.45, 7) is 0.471. The van der Waals surface area contributed by atoms with Crippen molar-refractivity contribution in [1.82, 2.24) is 9.78 Å². The fraction of sp³-hybridized carbons (Fsp3) is 0.167. The van der Waals surface area contributed by atoms with Gasteiger partial charge < -0.3 is 9.47 Å². The minimum absolute atomic E-state index is 0.222. The van der Waals surface area contributed by atoms with E-state index in [1.165, 1.54) is 7.11 Å². The number of benzene rings is 2. The Morgan fingerprint density at radius 3 is 2.54 bits per heavy atom. The molecule has 0 fully saturated rings. The van der Waals surface area contributed by atoms with Gasteiger partial charge in [0.2, 0.25) is 0 Å². The summed E-state index contributed by atoms with van der Waals surface area (Å²) in [7, 11) is 2.92. The van der Waals surface area contributed by atoms with Crippen LogP contribution in [0.25, 0.3) is 10.9 Å². The molecule has 0 aliphatic rings. The van der Waals surface area contributed by atoms with Crippen LogP contribution < -0.4 is 4.74 Å². The molecule has 0 N–H and O–H groups in total. The summed E-state index contributed by atoms with van der Waals surface area (Å²) in [5, 5.41) is 4.84. The average Bonchev–Trinajstić information content (AvgIpc) is 2.99. The number of fused-ring (bicyclic) bond motifs is 1. The van der Waals surface area contributed by atoms with Gasteiger partial charge in [0, 0.05) is 5.39 Å². The van der Waals surface area contributed by atoms with E-state index in [2.05, 4.69) is 5.10 Å². The topological polar surface area (TPSA) is 70.4 Å². The van der Waals surface area contributed by atoms with Gasteiger partial charge >= 0.3 is 5.97 Å². The third-order valence-electron chi connectivity index (χ3n) is 3.81. The molecular weight excluding hydrogens is 308 g/mol. The van der Waals surface area contributed by atoms with Crippen LogP contribution in [0.5, 0.6) is 5.75 Å². The molecule has 3 rings (SSSR count). The van der Waals surface area contributed by atoms with Crippen LogP contribution in [0.15, 0.2) is 42.5 Å². The summed E-state index contributed by atoms with van der Waals surface area (Å²) >= 11 is 0. The second-order valence-corrected chi connectivity index (χ2v) is 5.20. The Bertz CT molecular complexity index is 897. The highest BCUT2D eigenvalue weighted by molar-refractivity contribution is 6.09. The highest BCUT2D eigenvalue weighted by atomic mass is 16.5. The first-order valence-electron chi connectivity index (χ1n) is 7.34. The average molecular weight is 324 g/mol. The lowest BCUT2D eigenvalue weighted by Gasteiger charge is -2.06. The Hall–Kier alpha value is -3.15. The number of ether oxygens (including phenoxy) is 2. The van der Waals surface area contributed by atoms with Crippen LogP contribution in [0, 0.1) is 0 Å². The molecule has 6 heteroatoms. The fourth-order valence-corrected chi connectivity index (χ4v) is 2.65. The molecule has 0 amide bonds. The van der Waals surface area contributed by atoms with Gasteiger partial charge in [0.05, 0.1) is 31.8 Å². The van der Waals surface area contributed by atoms with Gasteiger partial charge in [-0.05, 0) is 29.8 Å². The monoisotopic (exact) mass is 324 g/mol. The number of carbonyl (C=O) groups excluding carboxylic acids is 2. The number of aldehydes is 1. The summed E-state index contributed by atoms with van der Waals surface area (Å²) in [4.78, 5) is 23.3. The predicted molar refractivity (Wildman–Crippen MR) is 88.6 cm³/mol. The molecule has 1 heterocycles. The van der Waals surface area contributed by atoms with E-state index in [1.54, 1.807) is 23.9 Å². The number of esters is 1. The van der Waals surface area contributed by atoms with Crippen LogP contribution in [0.2, 0.25) is 0 Å². The second kappa shape index (κ2) is 6.54. The van der Waals surface area contributed by atoms with Crippen molar-refractivity contribution < 1.29 is 19.1 Å². The Kier molecular flexibility index (Phi) is 4.29. The zero-order chi connectivity index (χ0) is 17.1. The first kappa shape index (κ1) is 15.7. The molecule has 2 aromatic carbocycles. The number of methoxy groups -OCH3 is 2. The summed E-state index contributed by atoms with van der Waals surface area (Å²) in [5.74, 6) is 0.276. The van der Waals surface area contributed by atoms with Gasteiger partial charge in [0.25, 0.3) is 0 Å². The first-order chi connectivity index (χ1) is 11.7. The zero-order valence-electron chi connectivity index (χ0n) is 13.4. The van der Waals surface area contributed by atoms with E-state index in [4.69, 9.17) is 9.47 Å². The Morgan fingerprint density at radius 1 is 1.17 bits per heavy atom. The molecule has 0 saturated carbocycles. The summed E-state index contributed by atoms with van der Waals surface area (Å²) in [5.41, 5.74) is 2.26. The van der Waals surface area contributed by atoms with Gasteiger partial charge in [-0.25, -0.2) is 4.79 Å². The smallest absolute Gasteiger partial charge is 0.338 e. The standard InChI is InChI=1S/C18H16N2O4/c1-23-13-8-6-12(7-9-13)10-20-16-5-3-4-14(18(22)24-2)17(16)15(11-21)19-20/h3-9,11H,10H2,1-2H3. The molecule has 6 nitrogen and oxygen atoms in total. The van der Waals surface area contributed by atoms with Crippen LogP contribution in [-0.2, 0) is 11.3 Å². The van der Waals surface area contributed by atoms with Crippen LogP contribution in [0.4, 0.5) is 0 Å². The van der Waals surface area contributed by atoms with E-state index in [-0.39, 0.29) is 5.69 Å². The first-order valence-corrected chi connectivity index (χ1v) is 7.34. The number of aromatic nitrogens is 2. The quantitative estimate of drug-likeness (QED) is 0.533. The summed E-state index contributed by atoms with van der Waals surface area (Å²) in [6.07, 6.45) is 0.652. The molecule has 0 aliphatic carbocycles. The maximum Gasteiger partial charge on any atom is 0.338 e. The van der Waals surface area contributed by atoms with Gasteiger partial charge in [0.1, 0.15) is 11.4 Å². The molecule has 0 spiro atoms. The van der Waals surface area contributed by atoms with Gasteiger partial charge in [-0.3, -0.25) is 9.48 Å². The van der Waals surface area contributed by atoms with Crippen molar-refractivity contribution in [3.05, 3.63) is 59.3 Å². The van der Waals surface area contributed by atoms with Crippen molar-refractivity contribution in [2.24, 2.45) is 0 Å². The molecule has 0 bridgehead atoms. The van der Waals surface area contributed by atoms with Gasteiger partial charge in [-0.2, -0.15) is 5.10 Å². The molecule has 0 saturated heterocycles. The minimum atomic E-state index is -0.493. The lowest BCUT2D eigenvalue weighted by atomic mass is 10.1. The molecular formula is C18H16N2O4. The molecule has 24 heavy (non-hydrogen) atoms. The normalized spacial score (nSPS) is 10.6. The Balaban J connectivity index is 2.08. The summed E-state index contributed by atoms with van der Waals surface area (Å²) < 4.78 is 11.6. The van der Waals surface area contributed by atoms with Crippen molar-refractivity contribution in [3.63, 3.8) is 0 Å². The van der Waals surface area contributed by atoms with Crippen molar-refractivity contribution in [2.45, 2.75) is 6.54 Å². The lowest BCUT2D eigenvalue weighted by molar-refractivity contribution is 0.0603. The fourth-order valence-electron chi connectivity index (χ4n) is 2.65. The van der Waals surface area contributed by atoms with E-state index in [0.717, 1.165) is 11.3 Å². The van der Waals surface area contributed by atoms with Gasteiger partial charge in [-0.1, -0.05) is 18.2 Å². The van der Waals surface area contributed by atoms with Gasteiger partial charge in [0.15, 0.2) is 6.29 Å². The molecule has 0 radical (unpaired) electrons. The van der Waals surface area contributed by atoms with Crippen molar-refractivity contribution in [1.29, 1.82) is 0 Å². The SMILES string of the molecule is COC(=O)c1cccc2c1c(C=O)nn2Cc1ccc(OC)cc1. The Labute approximate surface area is 138 Å². The van der Waals surface area contributed by atoms with Crippen LogP contribution >= 0.6 is 0 Å². The maximum absolute atomic E-state index is 11.9. The highest BCUT2D eigenvalue weighted by Crippen LogP contribution is 2.24. The second-order valence-electron chi connectivity index (χ2n) is 5.20. The van der Waals surface area contributed by atoms with E-state index in [9.17, 15) is 9.59 Å². The molecule has 0 aliphatic heterocycles. The van der Waals surface area contributed by atoms with Crippen LogP contribution in [0.1, 0.15) is 26.4 Å². The predicted octanol–water partition coefficient (Wildman–Crippen LogP) is 2.69. The number of hydrogen-bond donors (Lipinski definition) is 0. The third-order valence-corrected chi connectivity index (χ3v) is 3.81. The van der Waals surface area contributed by atoms with Gasteiger partial charge in [-0.15, -0.1) is 0 Å². The number of rotatable bonds is 5. The van der Waals surface area contributed by atoms with E-state index in [0.29, 0.717) is 29.3 Å². The third kappa shape index (κ3) is 2.74. The molecule has 0 atom stereocenters. The largest absolute Gasteiger partial charge is 0.497 e. The van der Waals surface area contributed by atoms with Crippen molar-refractivity contribution in [3.8, 4) is 5.75 Å². The molecule has 122 valence electrons. The number of carbonyl (C=O) groups is 2.